The van der Waals surface area contributed by atoms with Gasteiger partial charge < -0.3 is 10.6 Å². The molecule has 1 aromatic carbocycles. The van der Waals surface area contributed by atoms with Gasteiger partial charge >= 0.3 is 6.18 Å². The molecule has 0 fully saturated rings. The fourth-order valence-electron chi connectivity index (χ4n) is 1.83. The number of hydrogen-bond donors (Lipinski definition) is 1. The second-order valence-corrected chi connectivity index (χ2v) is 5.50. The summed E-state index contributed by atoms with van der Waals surface area (Å²) in [4.78, 5) is 13.5. The summed E-state index contributed by atoms with van der Waals surface area (Å²) in [5.74, 6) is -0.140. The average Bonchev–Trinajstić information content (AvgIpc) is 2.42. The van der Waals surface area contributed by atoms with Crippen molar-refractivity contribution in [3.05, 3.63) is 35.4 Å². The molecule has 0 saturated carbocycles. The van der Waals surface area contributed by atoms with Crippen LogP contribution in [0.2, 0.25) is 0 Å². The van der Waals surface area contributed by atoms with E-state index < -0.39 is 17.6 Å². The van der Waals surface area contributed by atoms with Crippen molar-refractivity contribution < 1.29 is 18.0 Å². The number of nitrogens with zero attached hydrogens (tertiary/aromatic N) is 1. The molecule has 126 valence electrons. The van der Waals surface area contributed by atoms with Gasteiger partial charge in [0.15, 0.2) is 0 Å². The summed E-state index contributed by atoms with van der Waals surface area (Å²) in [6.45, 7) is 4.38. The SMILES string of the molecule is CC(C)C(N)CCN(C)C(=O)c1cccc(C(F)(F)F)c1.Cl. The molecule has 22 heavy (non-hydrogen) atoms. The Bertz CT molecular complexity index is 492. The smallest absolute Gasteiger partial charge is 0.342 e. The fourth-order valence-corrected chi connectivity index (χ4v) is 1.83. The third-order valence-electron chi connectivity index (χ3n) is 3.44. The van der Waals surface area contributed by atoms with Crippen LogP contribution in [-0.4, -0.2) is 30.4 Å². The number of amides is 1. The number of halogens is 4. The van der Waals surface area contributed by atoms with Crippen LogP contribution in [0.3, 0.4) is 0 Å². The molecule has 0 bridgehead atoms. The van der Waals surface area contributed by atoms with Crippen molar-refractivity contribution >= 4 is 18.3 Å². The lowest BCUT2D eigenvalue weighted by Gasteiger charge is -2.22. The highest BCUT2D eigenvalue weighted by atomic mass is 35.5. The Morgan fingerprint density at radius 2 is 1.91 bits per heavy atom. The molecule has 0 spiro atoms. The number of carbonyl (C=O) groups is 1. The lowest BCUT2D eigenvalue weighted by Crippen LogP contribution is -2.34. The first-order valence-corrected chi connectivity index (χ1v) is 6.81. The zero-order chi connectivity index (χ0) is 16.2. The number of alkyl halides is 3. The van der Waals surface area contributed by atoms with Crippen LogP contribution in [0, 0.1) is 5.92 Å². The van der Waals surface area contributed by atoms with Crippen molar-refractivity contribution in [3.8, 4) is 0 Å². The van der Waals surface area contributed by atoms with E-state index in [4.69, 9.17) is 5.73 Å². The molecule has 1 aromatic rings. The largest absolute Gasteiger partial charge is 0.416 e. The van der Waals surface area contributed by atoms with Crippen molar-refractivity contribution in [1.29, 1.82) is 0 Å². The highest BCUT2D eigenvalue weighted by Crippen LogP contribution is 2.29. The molecular formula is C15H22ClF3N2O. The lowest BCUT2D eigenvalue weighted by atomic mass is 10.0. The maximum atomic E-state index is 12.6. The van der Waals surface area contributed by atoms with Crippen LogP contribution in [0.1, 0.15) is 36.2 Å². The van der Waals surface area contributed by atoms with Gasteiger partial charge in [0, 0.05) is 25.2 Å². The molecule has 1 amide bonds. The van der Waals surface area contributed by atoms with E-state index in [0.29, 0.717) is 18.9 Å². The van der Waals surface area contributed by atoms with Gasteiger partial charge in [-0.3, -0.25) is 4.79 Å². The third kappa shape index (κ3) is 5.85. The standard InChI is InChI=1S/C15H21F3N2O.ClH/c1-10(2)13(19)7-8-20(3)14(21)11-5-4-6-12(9-11)15(16,17)18;/h4-6,9-10,13H,7-8,19H2,1-3H3;1H. The van der Waals surface area contributed by atoms with E-state index in [1.54, 1.807) is 7.05 Å². The first-order chi connectivity index (χ1) is 9.62. The number of carbonyl (C=O) groups excluding carboxylic acids is 1. The van der Waals surface area contributed by atoms with E-state index in [1.807, 2.05) is 13.8 Å². The second kappa shape index (κ2) is 8.39. The molecule has 0 aliphatic heterocycles. The van der Waals surface area contributed by atoms with E-state index in [-0.39, 0.29) is 24.0 Å². The quantitative estimate of drug-likeness (QED) is 0.892. The predicted octanol–water partition coefficient (Wildman–Crippen LogP) is 3.57. The molecule has 0 saturated heterocycles. The van der Waals surface area contributed by atoms with Gasteiger partial charge in [-0.2, -0.15) is 13.2 Å². The topological polar surface area (TPSA) is 46.3 Å². The zero-order valence-corrected chi connectivity index (χ0v) is 13.7. The Kier molecular flexibility index (Phi) is 7.90. The summed E-state index contributed by atoms with van der Waals surface area (Å²) < 4.78 is 37.9. The van der Waals surface area contributed by atoms with Crippen molar-refractivity contribution in [3.63, 3.8) is 0 Å². The van der Waals surface area contributed by atoms with Crippen molar-refractivity contribution in [2.75, 3.05) is 13.6 Å². The van der Waals surface area contributed by atoms with Gasteiger partial charge in [-0.15, -0.1) is 12.4 Å². The maximum Gasteiger partial charge on any atom is 0.416 e. The van der Waals surface area contributed by atoms with Gasteiger partial charge in [-0.1, -0.05) is 19.9 Å². The Hall–Kier alpha value is -1.27. The molecule has 3 nitrogen and oxygen atoms in total. The number of benzene rings is 1. The van der Waals surface area contributed by atoms with Gasteiger partial charge in [-0.25, -0.2) is 0 Å². The Morgan fingerprint density at radius 3 is 2.41 bits per heavy atom. The van der Waals surface area contributed by atoms with Crippen LogP contribution >= 0.6 is 12.4 Å². The normalized spacial score (nSPS) is 12.7. The number of rotatable bonds is 5. The molecule has 1 atom stereocenters. The molecule has 1 rings (SSSR count). The summed E-state index contributed by atoms with van der Waals surface area (Å²) in [6.07, 6.45) is -3.84. The van der Waals surface area contributed by atoms with E-state index in [9.17, 15) is 18.0 Å². The van der Waals surface area contributed by atoms with E-state index in [0.717, 1.165) is 12.1 Å². The van der Waals surface area contributed by atoms with E-state index >= 15 is 0 Å². The molecule has 1 unspecified atom stereocenters. The molecule has 0 aliphatic carbocycles. The monoisotopic (exact) mass is 338 g/mol. The van der Waals surface area contributed by atoms with Crippen LogP contribution in [-0.2, 0) is 6.18 Å². The molecular weight excluding hydrogens is 317 g/mol. The van der Waals surface area contributed by atoms with Crippen molar-refractivity contribution in [2.45, 2.75) is 32.5 Å². The Balaban J connectivity index is 0.00000441. The van der Waals surface area contributed by atoms with Gasteiger partial charge in [0.05, 0.1) is 5.56 Å². The summed E-state index contributed by atoms with van der Waals surface area (Å²) in [6, 6.07) is 4.41. The molecule has 0 aromatic heterocycles. The molecule has 0 radical (unpaired) electrons. The van der Waals surface area contributed by atoms with E-state index in [1.165, 1.54) is 17.0 Å². The van der Waals surface area contributed by atoms with Crippen LogP contribution in [0.15, 0.2) is 24.3 Å². The molecule has 2 N–H and O–H groups in total. The number of hydrogen-bond acceptors (Lipinski definition) is 2. The van der Waals surface area contributed by atoms with Crippen molar-refractivity contribution in [2.24, 2.45) is 11.7 Å². The zero-order valence-electron chi connectivity index (χ0n) is 12.9. The molecule has 0 aliphatic rings. The maximum absolute atomic E-state index is 12.6. The third-order valence-corrected chi connectivity index (χ3v) is 3.44. The molecule has 7 heteroatoms. The van der Waals surface area contributed by atoms with Crippen LogP contribution in [0.5, 0.6) is 0 Å². The predicted molar refractivity (Wildman–Crippen MR) is 83.1 cm³/mol. The van der Waals surface area contributed by atoms with Crippen LogP contribution in [0.4, 0.5) is 13.2 Å². The first kappa shape index (κ1) is 20.7. The molecule has 0 heterocycles. The highest BCUT2D eigenvalue weighted by molar-refractivity contribution is 5.94. The van der Waals surface area contributed by atoms with E-state index in [2.05, 4.69) is 0 Å². The first-order valence-electron chi connectivity index (χ1n) is 6.81. The number of nitrogens with two attached hydrogens (primary N) is 1. The summed E-state index contributed by atoms with van der Waals surface area (Å²) in [5.41, 5.74) is 5.11. The summed E-state index contributed by atoms with van der Waals surface area (Å²) >= 11 is 0. The summed E-state index contributed by atoms with van der Waals surface area (Å²) in [5, 5.41) is 0. The second-order valence-electron chi connectivity index (χ2n) is 5.50. The minimum atomic E-state index is -4.45. The lowest BCUT2D eigenvalue weighted by molar-refractivity contribution is -0.137. The average molecular weight is 339 g/mol. The highest BCUT2D eigenvalue weighted by Gasteiger charge is 2.31. The van der Waals surface area contributed by atoms with Gasteiger partial charge in [0.1, 0.15) is 0 Å². The summed E-state index contributed by atoms with van der Waals surface area (Å²) in [7, 11) is 1.57. The van der Waals surface area contributed by atoms with Gasteiger partial charge in [-0.05, 0) is 30.5 Å². The Labute approximate surface area is 135 Å². The Morgan fingerprint density at radius 1 is 1.32 bits per heavy atom. The fraction of sp³-hybridized carbons (Fsp3) is 0.533. The van der Waals surface area contributed by atoms with Crippen LogP contribution < -0.4 is 5.73 Å². The minimum Gasteiger partial charge on any atom is -0.342 e. The van der Waals surface area contributed by atoms with Gasteiger partial charge in [0.2, 0.25) is 0 Å². The minimum absolute atomic E-state index is 0. The van der Waals surface area contributed by atoms with Crippen LogP contribution in [0.25, 0.3) is 0 Å². The van der Waals surface area contributed by atoms with Crippen molar-refractivity contribution in [1.82, 2.24) is 4.90 Å². The van der Waals surface area contributed by atoms with Gasteiger partial charge in [0.25, 0.3) is 5.91 Å².